The van der Waals surface area contributed by atoms with Gasteiger partial charge in [-0.1, -0.05) is 0 Å². The van der Waals surface area contributed by atoms with Gasteiger partial charge < -0.3 is 5.11 Å². The van der Waals surface area contributed by atoms with E-state index in [0.29, 0.717) is 0 Å². The summed E-state index contributed by atoms with van der Waals surface area (Å²) in [6.45, 7) is 0. The normalized spacial score (nSPS) is 9.90. The lowest BCUT2D eigenvalue weighted by Gasteiger charge is -2.05. The van der Waals surface area contributed by atoms with Crippen molar-refractivity contribution in [3.8, 4) is 17.2 Å². The molecule has 0 unspecified atom stereocenters. The summed E-state index contributed by atoms with van der Waals surface area (Å²) in [6.07, 6.45) is 0. The van der Waals surface area contributed by atoms with Gasteiger partial charge in [0, 0.05) is 6.07 Å². The fraction of sp³-hybridized carbons (Fsp3) is 0. The molecule has 0 aromatic heterocycles. The van der Waals surface area contributed by atoms with E-state index in [1.165, 1.54) is 18.2 Å². The van der Waals surface area contributed by atoms with Gasteiger partial charge in [0.1, 0.15) is 5.82 Å². The smallest absolute Gasteiger partial charge is 0.335 e. The van der Waals surface area contributed by atoms with Gasteiger partial charge in [-0.15, -0.1) is 0 Å². The Kier molecular flexibility index (Phi) is 3.63. The second-order valence-electron chi connectivity index (χ2n) is 4.13. The molecule has 0 bridgehead atoms. The van der Waals surface area contributed by atoms with Crippen molar-refractivity contribution < 1.29 is 19.2 Å². The molecule has 6 nitrogen and oxygen atoms in total. The van der Waals surface area contributed by atoms with Crippen LogP contribution in [0.5, 0.6) is 0 Å². The monoisotopic (exact) mass is 286 g/mol. The van der Waals surface area contributed by atoms with Crippen LogP contribution in [0.1, 0.15) is 15.9 Å². The van der Waals surface area contributed by atoms with Crippen LogP contribution in [0.2, 0.25) is 0 Å². The van der Waals surface area contributed by atoms with Gasteiger partial charge >= 0.3 is 5.97 Å². The van der Waals surface area contributed by atoms with Crippen molar-refractivity contribution in [3.05, 3.63) is 63.5 Å². The van der Waals surface area contributed by atoms with E-state index in [0.717, 1.165) is 18.2 Å². The van der Waals surface area contributed by atoms with E-state index in [9.17, 15) is 19.3 Å². The lowest BCUT2D eigenvalue weighted by atomic mass is 9.99. The molecule has 2 rings (SSSR count). The van der Waals surface area contributed by atoms with Crippen LogP contribution in [-0.4, -0.2) is 16.0 Å². The van der Waals surface area contributed by atoms with Crippen molar-refractivity contribution in [2.45, 2.75) is 0 Å². The molecule has 0 fully saturated rings. The first kappa shape index (κ1) is 14.1. The summed E-state index contributed by atoms with van der Waals surface area (Å²) in [4.78, 5) is 21.2. The van der Waals surface area contributed by atoms with Crippen molar-refractivity contribution in [2.75, 3.05) is 0 Å². The molecule has 21 heavy (non-hydrogen) atoms. The molecule has 1 N–H and O–H groups in total. The van der Waals surface area contributed by atoms with Crippen molar-refractivity contribution in [1.82, 2.24) is 0 Å². The molecule has 0 heterocycles. The lowest BCUT2D eigenvalue weighted by molar-refractivity contribution is -0.384. The van der Waals surface area contributed by atoms with Crippen molar-refractivity contribution >= 4 is 11.7 Å². The highest BCUT2D eigenvalue weighted by molar-refractivity contribution is 5.90. The van der Waals surface area contributed by atoms with Crippen LogP contribution in [0.25, 0.3) is 11.1 Å². The van der Waals surface area contributed by atoms with Crippen molar-refractivity contribution in [2.24, 2.45) is 0 Å². The molecule has 104 valence electrons. The van der Waals surface area contributed by atoms with E-state index in [-0.39, 0.29) is 22.3 Å². The molecule has 0 aliphatic carbocycles. The predicted molar refractivity (Wildman–Crippen MR) is 70.2 cm³/mol. The zero-order valence-electron chi connectivity index (χ0n) is 10.4. The number of benzene rings is 2. The number of aromatic carboxylic acids is 1. The highest BCUT2D eigenvalue weighted by Gasteiger charge is 2.19. The Labute approximate surface area is 117 Å². The summed E-state index contributed by atoms with van der Waals surface area (Å²) in [5, 5.41) is 28.7. The topological polar surface area (TPSA) is 104 Å². The van der Waals surface area contributed by atoms with Gasteiger partial charge in [0.2, 0.25) is 0 Å². The molecule has 0 radical (unpaired) electrons. The van der Waals surface area contributed by atoms with Gasteiger partial charge in [-0.3, -0.25) is 10.1 Å². The van der Waals surface area contributed by atoms with E-state index in [1.807, 2.05) is 0 Å². The number of nitriles is 1. The maximum absolute atomic E-state index is 13.4. The largest absolute Gasteiger partial charge is 0.478 e. The van der Waals surface area contributed by atoms with E-state index in [2.05, 4.69) is 0 Å². The summed E-state index contributed by atoms with van der Waals surface area (Å²) in [5.74, 6) is -2.01. The number of rotatable bonds is 3. The standard InChI is InChI=1S/C14H7FN2O4/c15-11-4-8(7-16)3-10(5-11)12-2-1-9(14(18)19)6-13(12)17(20)21/h1-6H,(H,18,19). The summed E-state index contributed by atoms with van der Waals surface area (Å²) in [5.41, 5.74) is -0.524. The minimum atomic E-state index is -1.30. The fourth-order valence-electron chi connectivity index (χ4n) is 1.87. The molecule has 0 aliphatic heterocycles. The highest BCUT2D eigenvalue weighted by Crippen LogP contribution is 2.31. The second kappa shape index (κ2) is 5.38. The number of hydrogen-bond acceptors (Lipinski definition) is 4. The van der Waals surface area contributed by atoms with E-state index < -0.39 is 22.4 Å². The van der Waals surface area contributed by atoms with Crippen LogP contribution in [0, 0.1) is 27.3 Å². The quantitative estimate of drug-likeness (QED) is 0.689. The fourth-order valence-corrected chi connectivity index (χ4v) is 1.87. The third-order valence-corrected chi connectivity index (χ3v) is 2.78. The van der Waals surface area contributed by atoms with Gasteiger partial charge in [-0.2, -0.15) is 5.26 Å². The SMILES string of the molecule is N#Cc1cc(F)cc(-c2ccc(C(=O)O)cc2[N+](=O)[O-])c1. The van der Waals surface area contributed by atoms with Crippen LogP contribution in [0.4, 0.5) is 10.1 Å². The molecule has 0 spiro atoms. The predicted octanol–water partition coefficient (Wildman–Crippen LogP) is 2.97. The zero-order valence-corrected chi connectivity index (χ0v) is 10.4. The first-order valence-corrected chi connectivity index (χ1v) is 5.65. The first-order chi connectivity index (χ1) is 9.92. The molecular weight excluding hydrogens is 279 g/mol. The van der Waals surface area contributed by atoms with Gasteiger partial charge in [-0.05, 0) is 35.9 Å². The van der Waals surface area contributed by atoms with Crippen LogP contribution >= 0.6 is 0 Å². The maximum atomic E-state index is 13.4. The molecule has 2 aromatic rings. The Bertz CT molecular complexity index is 796. The molecule has 0 saturated carbocycles. The summed E-state index contributed by atoms with van der Waals surface area (Å²) >= 11 is 0. The van der Waals surface area contributed by atoms with E-state index in [1.54, 1.807) is 6.07 Å². The molecule has 0 amide bonds. The molecule has 7 heteroatoms. The Morgan fingerprint density at radius 2 is 2.00 bits per heavy atom. The highest BCUT2D eigenvalue weighted by atomic mass is 19.1. The summed E-state index contributed by atoms with van der Waals surface area (Å²) in [7, 11) is 0. The third kappa shape index (κ3) is 2.84. The average Bonchev–Trinajstić information content (AvgIpc) is 2.45. The molecule has 0 aliphatic rings. The Hall–Kier alpha value is -3.27. The van der Waals surface area contributed by atoms with Crippen LogP contribution in [0.3, 0.4) is 0 Å². The molecule has 0 saturated heterocycles. The van der Waals surface area contributed by atoms with E-state index >= 15 is 0 Å². The van der Waals surface area contributed by atoms with Crippen LogP contribution < -0.4 is 0 Å². The second-order valence-corrected chi connectivity index (χ2v) is 4.13. The average molecular weight is 286 g/mol. The van der Waals surface area contributed by atoms with Gasteiger partial charge in [0.15, 0.2) is 0 Å². The summed E-state index contributed by atoms with van der Waals surface area (Å²) < 4.78 is 13.4. The number of nitro groups is 1. The first-order valence-electron chi connectivity index (χ1n) is 5.65. The van der Waals surface area contributed by atoms with Crippen LogP contribution in [-0.2, 0) is 0 Å². The number of nitrogens with zero attached hydrogens (tertiary/aromatic N) is 2. The number of carboxylic acids is 1. The molecule has 0 atom stereocenters. The molecular formula is C14H7FN2O4. The summed E-state index contributed by atoms with van der Waals surface area (Å²) in [6, 6.07) is 8.40. The molecule has 2 aromatic carbocycles. The minimum absolute atomic E-state index is 0.0154. The Morgan fingerprint density at radius 3 is 2.57 bits per heavy atom. The van der Waals surface area contributed by atoms with Gasteiger partial charge in [0.25, 0.3) is 5.69 Å². The van der Waals surface area contributed by atoms with Crippen molar-refractivity contribution in [3.63, 3.8) is 0 Å². The number of halogens is 1. The van der Waals surface area contributed by atoms with Gasteiger partial charge in [0.05, 0.1) is 27.7 Å². The number of carbonyl (C=O) groups is 1. The number of carboxylic acid groups (broad SMARTS) is 1. The maximum Gasteiger partial charge on any atom is 0.335 e. The number of hydrogen-bond donors (Lipinski definition) is 1. The Morgan fingerprint density at radius 1 is 1.29 bits per heavy atom. The van der Waals surface area contributed by atoms with Crippen LogP contribution in [0.15, 0.2) is 36.4 Å². The Balaban J connectivity index is 2.69. The van der Waals surface area contributed by atoms with E-state index in [4.69, 9.17) is 10.4 Å². The third-order valence-electron chi connectivity index (χ3n) is 2.78. The number of nitro benzene ring substituents is 1. The minimum Gasteiger partial charge on any atom is -0.478 e. The zero-order chi connectivity index (χ0) is 15.6. The van der Waals surface area contributed by atoms with Gasteiger partial charge in [-0.25, -0.2) is 9.18 Å². The lowest BCUT2D eigenvalue weighted by Crippen LogP contribution is -2.00. The van der Waals surface area contributed by atoms with Crippen molar-refractivity contribution in [1.29, 1.82) is 5.26 Å².